The van der Waals surface area contributed by atoms with Crippen LogP contribution >= 0.6 is 11.8 Å². The number of hydrogen-bond donors (Lipinski definition) is 1. The molecule has 4 rings (SSSR count). The maximum atomic E-state index is 13.9. The zero-order chi connectivity index (χ0) is 22.9. The molecular formula is C24H35N3O4S. The summed E-state index contributed by atoms with van der Waals surface area (Å²) in [5, 5.41) is 9.03. The van der Waals surface area contributed by atoms with Crippen LogP contribution in [0.15, 0.2) is 24.3 Å². The van der Waals surface area contributed by atoms with Crippen LogP contribution in [0.2, 0.25) is 0 Å². The third kappa shape index (κ3) is 3.79. The van der Waals surface area contributed by atoms with E-state index < -0.39 is 22.6 Å². The van der Waals surface area contributed by atoms with Crippen molar-refractivity contribution in [2.75, 3.05) is 39.8 Å². The maximum absolute atomic E-state index is 13.9. The molecule has 1 N–H and O–H groups in total. The minimum Gasteiger partial charge on any atom is -0.396 e. The molecule has 0 saturated carbocycles. The SMILES string of the molecule is CCCCN1CC=C[C@]23S[C@@H]4C=CCN(C)C(=O)[C@@H]4[C@H]2C(=O)N(CCCCCO)C3C1=O. The zero-order valence-corrected chi connectivity index (χ0v) is 19.9. The van der Waals surface area contributed by atoms with Crippen molar-refractivity contribution in [2.45, 2.75) is 55.1 Å². The first kappa shape index (κ1) is 23.4. The molecule has 32 heavy (non-hydrogen) atoms. The van der Waals surface area contributed by atoms with Gasteiger partial charge < -0.3 is 19.8 Å². The van der Waals surface area contributed by atoms with E-state index in [1.165, 1.54) is 0 Å². The van der Waals surface area contributed by atoms with Gasteiger partial charge in [0.05, 0.1) is 16.6 Å². The van der Waals surface area contributed by atoms with Crippen LogP contribution in [-0.2, 0) is 14.4 Å². The first-order valence-electron chi connectivity index (χ1n) is 11.9. The lowest BCUT2D eigenvalue weighted by Gasteiger charge is -2.35. The Kier molecular flexibility index (Phi) is 7.00. The average Bonchev–Trinajstić information content (AvgIpc) is 3.10. The topological polar surface area (TPSA) is 81.2 Å². The van der Waals surface area contributed by atoms with E-state index >= 15 is 0 Å². The number of unbranched alkanes of at least 4 members (excludes halogenated alkanes) is 3. The number of likely N-dealkylation sites (N-methyl/N-ethyl adjacent to an activating group) is 1. The van der Waals surface area contributed by atoms with Crippen LogP contribution in [0.1, 0.15) is 39.0 Å². The highest BCUT2D eigenvalue weighted by Crippen LogP contribution is 2.60. The van der Waals surface area contributed by atoms with Crippen LogP contribution in [0, 0.1) is 11.8 Å². The van der Waals surface area contributed by atoms with Crippen molar-refractivity contribution in [2.24, 2.45) is 11.8 Å². The Balaban J connectivity index is 1.72. The number of likely N-dealkylation sites (tertiary alicyclic amines) is 1. The fraction of sp³-hybridized carbons (Fsp3) is 0.708. The first-order valence-corrected chi connectivity index (χ1v) is 12.8. The predicted molar refractivity (Wildman–Crippen MR) is 125 cm³/mol. The number of hydrogen-bond acceptors (Lipinski definition) is 5. The average molecular weight is 462 g/mol. The standard InChI is InChI=1S/C24H35N3O4S/c1-3-4-13-26-14-9-11-24-19(18-17(32-24)10-8-12-25(2)21(18)29)22(30)27(20(24)23(26)31)15-6-5-7-16-28/h8-11,17-20,28H,3-7,12-16H2,1-2H3/t17-,18+,19+,20?,24+/m1/s1. The van der Waals surface area contributed by atoms with Crippen LogP contribution in [0.25, 0.3) is 0 Å². The molecule has 4 aliphatic heterocycles. The molecule has 0 aromatic rings. The molecule has 1 unspecified atom stereocenters. The summed E-state index contributed by atoms with van der Waals surface area (Å²) < 4.78 is -0.709. The Labute approximate surface area is 194 Å². The molecule has 3 amide bonds. The summed E-state index contributed by atoms with van der Waals surface area (Å²) in [5.74, 6) is -1.02. The van der Waals surface area contributed by atoms with E-state index in [1.54, 1.807) is 28.6 Å². The highest BCUT2D eigenvalue weighted by atomic mass is 32.2. The van der Waals surface area contributed by atoms with E-state index in [1.807, 2.05) is 17.1 Å². The van der Waals surface area contributed by atoms with Gasteiger partial charge >= 0.3 is 0 Å². The van der Waals surface area contributed by atoms with E-state index in [-0.39, 0.29) is 29.6 Å². The Morgan fingerprint density at radius 2 is 1.84 bits per heavy atom. The molecule has 0 bridgehead atoms. The summed E-state index contributed by atoms with van der Waals surface area (Å²) in [6.07, 6.45) is 12.4. The zero-order valence-electron chi connectivity index (χ0n) is 19.1. The molecule has 0 radical (unpaired) electrons. The normalized spacial score (nSPS) is 34.0. The van der Waals surface area contributed by atoms with Gasteiger partial charge in [0, 0.05) is 45.1 Å². The Hall–Kier alpha value is -1.80. The molecule has 0 aromatic carbocycles. The molecule has 2 saturated heterocycles. The van der Waals surface area contributed by atoms with Gasteiger partial charge in [-0.2, -0.15) is 0 Å². The summed E-state index contributed by atoms with van der Waals surface area (Å²) in [7, 11) is 1.79. The fourth-order valence-electron chi connectivity index (χ4n) is 5.67. The predicted octanol–water partition coefficient (Wildman–Crippen LogP) is 1.67. The van der Waals surface area contributed by atoms with E-state index in [4.69, 9.17) is 5.11 Å². The van der Waals surface area contributed by atoms with E-state index in [0.717, 1.165) is 25.7 Å². The number of rotatable bonds is 8. The van der Waals surface area contributed by atoms with Gasteiger partial charge in [-0.15, -0.1) is 11.8 Å². The summed E-state index contributed by atoms with van der Waals surface area (Å²) in [4.78, 5) is 46.4. The van der Waals surface area contributed by atoms with Crippen LogP contribution in [0.4, 0.5) is 0 Å². The van der Waals surface area contributed by atoms with Crippen molar-refractivity contribution in [3.8, 4) is 0 Å². The molecule has 176 valence electrons. The van der Waals surface area contributed by atoms with Crippen LogP contribution in [-0.4, -0.2) is 93.4 Å². The van der Waals surface area contributed by atoms with E-state index in [0.29, 0.717) is 32.6 Å². The minimum absolute atomic E-state index is 0.00320. The van der Waals surface area contributed by atoms with E-state index in [9.17, 15) is 14.4 Å². The second-order valence-electron chi connectivity index (χ2n) is 9.34. The number of aliphatic hydroxyl groups excluding tert-OH is 1. The van der Waals surface area contributed by atoms with Gasteiger partial charge in [-0.25, -0.2) is 0 Å². The van der Waals surface area contributed by atoms with Gasteiger partial charge in [0.15, 0.2) is 0 Å². The largest absolute Gasteiger partial charge is 0.396 e. The van der Waals surface area contributed by atoms with Crippen molar-refractivity contribution < 1.29 is 19.5 Å². The smallest absolute Gasteiger partial charge is 0.247 e. The fourth-order valence-corrected chi connectivity index (χ4v) is 7.68. The number of aliphatic hydroxyl groups is 1. The number of nitrogens with zero attached hydrogens (tertiary/aromatic N) is 3. The van der Waals surface area contributed by atoms with Crippen molar-refractivity contribution in [1.82, 2.24) is 14.7 Å². The second-order valence-corrected chi connectivity index (χ2v) is 10.8. The molecule has 7 nitrogen and oxygen atoms in total. The molecule has 0 aliphatic carbocycles. The lowest BCUT2D eigenvalue weighted by Crippen LogP contribution is -2.53. The van der Waals surface area contributed by atoms with Crippen LogP contribution in [0.3, 0.4) is 0 Å². The van der Waals surface area contributed by atoms with Crippen LogP contribution in [0.5, 0.6) is 0 Å². The van der Waals surface area contributed by atoms with E-state index in [2.05, 4.69) is 19.1 Å². The maximum Gasteiger partial charge on any atom is 0.247 e. The highest BCUT2D eigenvalue weighted by molar-refractivity contribution is 8.02. The summed E-state index contributed by atoms with van der Waals surface area (Å²) >= 11 is 1.64. The molecule has 5 atom stereocenters. The van der Waals surface area contributed by atoms with Gasteiger partial charge in [-0.3, -0.25) is 14.4 Å². The van der Waals surface area contributed by atoms with Gasteiger partial charge in [0.25, 0.3) is 0 Å². The molecule has 8 heteroatoms. The Morgan fingerprint density at radius 3 is 2.59 bits per heavy atom. The minimum atomic E-state index is -0.709. The number of fused-ring (bicyclic) bond motifs is 2. The van der Waals surface area contributed by atoms with Gasteiger partial charge in [-0.05, 0) is 25.7 Å². The molecule has 2 fully saturated rings. The summed E-state index contributed by atoms with van der Waals surface area (Å²) in [6.45, 7) is 4.51. The number of amides is 3. The number of carbonyl (C=O) groups is 3. The molecular weight excluding hydrogens is 426 g/mol. The Bertz CT molecular complexity index is 815. The van der Waals surface area contributed by atoms with Gasteiger partial charge in [-0.1, -0.05) is 37.6 Å². The number of carbonyl (C=O) groups excluding carboxylic acids is 3. The number of thioether (sulfide) groups is 1. The van der Waals surface area contributed by atoms with Crippen molar-refractivity contribution in [3.05, 3.63) is 24.3 Å². The van der Waals surface area contributed by atoms with Gasteiger partial charge in [0.2, 0.25) is 17.7 Å². The van der Waals surface area contributed by atoms with Crippen molar-refractivity contribution >= 4 is 29.5 Å². The molecule has 0 aromatic heterocycles. The summed E-state index contributed by atoms with van der Waals surface area (Å²) in [5.41, 5.74) is 0. The quantitative estimate of drug-likeness (QED) is 0.439. The monoisotopic (exact) mass is 461 g/mol. The first-order chi connectivity index (χ1) is 15.5. The lowest BCUT2D eigenvalue weighted by atomic mass is 9.78. The van der Waals surface area contributed by atoms with Crippen LogP contribution < -0.4 is 0 Å². The summed E-state index contributed by atoms with van der Waals surface area (Å²) in [6, 6.07) is -0.576. The lowest BCUT2D eigenvalue weighted by molar-refractivity contribution is -0.144. The second kappa shape index (κ2) is 9.59. The van der Waals surface area contributed by atoms with Gasteiger partial charge in [0.1, 0.15) is 6.04 Å². The van der Waals surface area contributed by atoms with Crippen molar-refractivity contribution in [3.63, 3.8) is 0 Å². The highest BCUT2D eigenvalue weighted by Gasteiger charge is 2.70. The molecule has 4 aliphatic rings. The third-order valence-electron chi connectivity index (χ3n) is 7.28. The molecule has 1 spiro atoms. The molecule has 4 heterocycles. The third-order valence-corrected chi connectivity index (χ3v) is 9.03. The van der Waals surface area contributed by atoms with Crippen molar-refractivity contribution in [1.29, 1.82) is 0 Å². The Morgan fingerprint density at radius 1 is 1.03 bits per heavy atom.